The highest BCUT2D eigenvalue weighted by atomic mass is 79.9. The molecule has 4 nitrogen and oxygen atoms in total. The summed E-state index contributed by atoms with van der Waals surface area (Å²) in [4.78, 5) is 26.8. The molecule has 15 heavy (non-hydrogen) atoms. The zero-order chi connectivity index (χ0) is 10.8. The number of aromatic amines is 2. The van der Waals surface area contributed by atoms with E-state index in [1.807, 2.05) is 24.3 Å². The zero-order valence-corrected chi connectivity index (χ0v) is 9.17. The highest BCUT2D eigenvalue weighted by Gasteiger charge is 2.00. The molecule has 0 aliphatic carbocycles. The van der Waals surface area contributed by atoms with Crippen molar-refractivity contribution < 1.29 is 0 Å². The van der Waals surface area contributed by atoms with E-state index in [4.69, 9.17) is 0 Å². The van der Waals surface area contributed by atoms with Gasteiger partial charge in [0.15, 0.2) is 0 Å². The lowest BCUT2D eigenvalue weighted by atomic mass is 10.1. The molecule has 0 amide bonds. The molecule has 0 unspecified atom stereocenters. The van der Waals surface area contributed by atoms with Crippen molar-refractivity contribution in [3.05, 3.63) is 55.6 Å². The lowest BCUT2D eigenvalue weighted by Crippen LogP contribution is -2.21. The minimum atomic E-state index is -0.502. The first-order chi connectivity index (χ1) is 7.15. The number of H-pyrrole nitrogens is 2. The lowest BCUT2D eigenvalue weighted by molar-refractivity contribution is 1.04. The Morgan fingerprint density at radius 3 is 2.53 bits per heavy atom. The fraction of sp³-hybridized carbons (Fsp3) is 0. The Morgan fingerprint density at radius 1 is 1.07 bits per heavy atom. The van der Waals surface area contributed by atoms with Crippen molar-refractivity contribution in [2.75, 3.05) is 0 Å². The van der Waals surface area contributed by atoms with Gasteiger partial charge in [0.05, 0.1) is 5.69 Å². The largest absolute Gasteiger partial charge is 0.326 e. The molecule has 2 rings (SSSR count). The number of hydrogen-bond acceptors (Lipinski definition) is 2. The van der Waals surface area contributed by atoms with Crippen LogP contribution < -0.4 is 11.2 Å². The third-order valence-corrected chi connectivity index (χ3v) is 2.39. The van der Waals surface area contributed by atoms with Crippen LogP contribution in [0.25, 0.3) is 11.3 Å². The minimum absolute atomic E-state index is 0.409. The predicted octanol–water partition coefficient (Wildman–Crippen LogP) is 1.49. The molecule has 0 atom stereocenters. The van der Waals surface area contributed by atoms with Gasteiger partial charge in [0.1, 0.15) is 0 Å². The molecule has 0 aliphatic heterocycles. The number of nitrogens with one attached hydrogen (secondary N) is 2. The lowest BCUT2D eigenvalue weighted by Gasteiger charge is -2.00. The summed E-state index contributed by atoms with van der Waals surface area (Å²) in [5, 5.41) is 0. The van der Waals surface area contributed by atoms with E-state index in [0.717, 1.165) is 10.0 Å². The van der Waals surface area contributed by atoms with Crippen molar-refractivity contribution in [1.29, 1.82) is 0 Å². The quantitative estimate of drug-likeness (QED) is 0.822. The topological polar surface area (TPSA) is 65.7 Å². The maximum atomic E-state index is 11.1. The second-order valence-corrected chi connectivity index (χ2v) is 3.93. The molecule has 2 N–H and O–H groups in total. The van der Waals surface area contributed by atoms with E-state index in [1.54, 1.807) is 0 Å². The third-order valence-electron chi connectivity index (χ3n) is 1.90. The summed E-state index contributed by atoms with van der Waals surface area (Å²) in [6.45, 7) is 0. The Balaban J connectivity index is 2.64. The fourth-order valence-corrected chi connectivity index (χ4v) is 1.68. The molecule has 0 fully saturated rings. The van der Waals surface area contributed by atoms with Gasteiger partial charge in [-0.2, -0.15) is 0 Å². The van der Waals surface area contributed by atoms with Gasteiger partial charge in [-0.3, -0.25) is 9.78 Å². The van der Waals surface area contributed by atoms with Crippen LogP contribution in [0.1, 0.15) is 0 Å². The average Bonchev–Trinajstić information content (AvgIpc) is 2.16. The standard InChI is InChI=1S/C10H7BrN2O2/c11-7-3-1-2-6(4-7)8-5-9(14)13-10(15)12-8/h1-5H,(H2,12,13,14,15). The first kappa shape index (κ1) is 9.92. The molecule has 0 aliphatic rings. The molecule has 1 aromatic heterocycles. The number of hydrogen-bond donors (Lipinski definition) is 2. The summed E-state index contributed by atoms with van der Waals surface area (Å²) in [6.07, 6.45) is 0. The molecule has 2 aromatic rings. The summed E-state index contributed by atoms with van der Waals surface area (Å²) >= 11 is 3.32. The van der Waals surface area contributed by atoms with Crippen LogP contribution in [0.3, 0.4) is 0 Å². The Bertz CT molecular complexity index is 572. The first-order valence-corrected chi connectivity index (χ1v) is 5.04. The van der Waals surface area contributed by atoms with Crippen molar-refractivity contribution in [1.82, 2.24) is 9.97 Å². The average molecular weight is 267 g/mol. The molecule has 0 radical (unpaired) electrons. The number of halogens is 1. The molecule has 0 bridgehead atoms. The van der Waals surface area contributed by atoms with Crippen molar-refractivity contribution in [2.45, 2.75) is 0 Å². The van der Waals surface area contributed by atoms with Crippen molar-refractivity contribution >= 4 is 15.9 Å². The second-order valence-electron chi connectivity index (χ2n) is 3.01. The minimum Gasteiger partial charge on any atom is -0.307 e. The van der Waals surface area contributed by atoms with E-state index >= 15 is 0 Å². The van der Waals surface area contributed by atoms with Crippen molar-refractivity contribution in [3.8, 4) is 11.3 Å². The van der Waals surface area contributed by atoms with E-state index in [2.05, 4.69) is 25.9 Å². The van der Waals surface area contributed by atoms with Crippen molar-refractivity contribution in [3.63, 3.8) is 0 Å². The maximum absolute atomic E-state index is 11.1. The highest BCUT2D eigenvalue weighted by Crippen LogP contribution is 2.18. The fourth-order valence-electron chi connectivity index (χ4n) is 1.28. The summed E-state index contributed by atoms with van der Waals surface area (Å²) in [6, 6.07) is 8.69. The van der Waals surface area contributed by atoms with Crippen LogP contribution >= 0.6 is 15.9 Å². The molecule has 0 saturated heterocycles. The highest BCUT2D eigenvalue weighted by molar-refractivity contribution is 9.10. The number of aromatic nitrogens is 2. The van der Waals surface area contributed by atoms with E-state index in [1.165, 1.54) is 6.07 Å². The molecular weight excluding hydrogens is 260 g/mol. The van der Waals surface area contributed by atoms with Crippen LogP contribution in [-0.4, -0.2) is 9.97 Å². The van der Waals surface area contributed by atoms with Gasteiger partial charge in [0.2, 0.25) is 0 Å². The molecular formula is C10H7BrN2O2. The van der Waals surface area contributed by atoms with Crippen LogP contribution in [0.4, 0.5) is 0 Å². The van der Waals surface area contributed by atoms with Crippen LogP contribution in [0, 0.1) is 0 Å². The summed E-state index contributed by atoms with van der Waals surface area (Å²) in [7, 11) is 0. The van der Waals surface area contributed by atoms with E-state index in [0.29, 0.717) is 5.69 Å². The summed E-state index contributed by atoms with van der Waals surface area (Å²) in [5.41, 5.74) is 0.379. The van der Waals surface area contributed by atoms with Gasteiger partial charge < -0.3 is 4.98 Å². The Labute approximate surface area is 93.1 Å². The summed E-state index contributed by atoms with van der Waals surface area (Å²) < 4.78 is 0.890. The van der Waals surface area contributed by atoms with Crippen LogP contribution in [0.15, 0.2) is 44.4 Å². The van der Waals surface area contributed by atoms with E-state index in [-0.39, 0.29) is 0 Å². The van der Waals surface area contributed by atoms with Crippen LogP contribution in [0.5, 0.6) is 0 Å². The van der Waals surface area contributed by atoms with Crippen molar-refractivity contribution in [2.24, 2.45) is 0 Å². The van der Waals surface area contributed by atoms with Gasteiger partial charge in [-0.05, 0) is 17.7 Å². The van der Waals surface area contributed by atoms with E-state index < -0.39 is 11.2 Å². The maximum Gasteiger partial charge on any atom is 0.326 e. The predicted molar refractivity (Wildman–Crippen MR) is 60.8 cm³/mol. The molecule has 1 heterocycles. The molecule has 76 valence electrons. The van der Waals surface area contributed by atoms with Gasteiger partial charge in [0, 0.05) is 10.5 Å². The third kappa shape index (κ3) is 2.24. The second kappa shape index (κ2) is 3.86. The van der Waals surface area contributed by atoms with Gasteiger partial charge in [-0.25, -0.2) is 4.79 Å². The van der Waals surface area contributed by atoms with Gasteiger partial charge >= 0.3 is 5.69 Å². The van der Waals surface area contributed by atoms with E-state index in [9.17, 15) is 9.59 Å². The monoisotopic (exact) mass is 266 g/mol. The smallest absolute Gasteiger partial charge is 0.307 e. The first-order valence-electron chi connectivity index (χ1n) is 4.25. The van der Waals surface area contributed by atoms with Gasteiger partial charge in [-0.1, -0.05) is 28.1 Å². The normalized spacial score (nSPS) is 10.2. The number of rotatable bonds is 1. The van der Waals surface area contributed by atoms with Gasteiger partial charge in [-0.15, -0.1) is 0 Å². The Morgan fingerprint density at radius 2 is 1.87 bits per heavy atom. The SMILES string of the molecule is O=c1cc(-c2cccc(Br)c2)[nH]c(=O)[nH]1. The summed E-state index contributed by atoms with van der Waals surface area (Å²) in [5.74, 6) is 0. The van der Waals surface area contributed by atoms with Gasteiger partial charge in [0.25, 0.3) is 5.56 Å². The molecule has 5 heteroatoms. The molecule has 0 saturated carbocycles. The molecule has 1 aromatic carbocycles. The Hall–Kier alpha value is -1.62. The molecule has 0 spiro atoms. The van der Waals surface area contributed by atoms with Crippen LogP contribution in [-0.2, 0) is 0 Å². The zero-order valence-electron chi connectivity index (χ0n) is 7.58. The number of benzene rings is 1. The van der Waals surface area contributed by atoms with Crippen LogP contribution in [0.2, 0.25) is 0 Å². The Kier molecular flexibility index (Phi) is 2.55.